The molecule has 3 heteroatoms. The van der Waals surface area contributed by atoms with Gasteiger partial charge in [-0.25, -0.2) is 8.78 Å². The van der Waals surface area contributed by atoms with Gasteiger partial charge >= 0.3 is 0 Å². The molecule has 0 radical (unpaired) electrons. The van der Waals surface area contributed by atoms with Crippen molar-refractivity contribution < 1.29 is 8.78 Å². The molecule has 0 amide bonds. The maximum absolute atomic E-state index is 13.5. The zero-order valence-corrected chi connectivity index (χ0v) is 10.8. The van der Waals surface area contributed by atoms with Crippen LogP contribution in [-0.4, -0.2) is 6.04 Å². The zero-order chi connectivity index (χ0) is 12.8. The second-order valence-corrected chi connectivity index (χ2v) is 4.57. The fourth-order valence-electron chi connectivity index (χ4n) is 1.97. The molecule has 0 aliphatic rings. The summed E-state index contributed by atoms with van der Waals surface area (Å²) in [6.45, 7) is 6.08. The van der Waals surface area contributed by atoms with E-state index >= 15 is 0 Å². The highest BCUT2D eigenvalue weighted by Crippen LogP contribution is 2.19. The SMILES string of the molecule is CCCCC(C)NC(C)c1cccc(F)c1F. The van der Waals surface area contributed by atoms with Crippen molar-refractivity contribution in [2.45, 2.75) is 52.1 Å². The van der Waals surface area contributed by atoms with Crippen LogP contribution in [0, 0.1) is 11.6 Å². The Hall–Kier alpha value is -0.960. The van der Waals surface area contributed by atoms with Crippen LogP contribution in [0.15, 0.2) is 18.2 Å². The number of unbranched alkanes of at least 4 members (excludes halogenated alkanes) is 1. The van der Waals surface area contributed by atoms with Gasteiger partial charge in [0.15, 0.2) is 11.6 Å². The fraction of sp³-hybridized carbons (Fsp3) is 0.571. The topological polar surface area (TPSA) is 12.0 Å². The molecule has 0 fully saturated rings. The minimum absolute atomic E-state index is 0.169. The molecule has 2 atom stereocenters. The van der Waals surface area contributed by atoms with E-state index in [2.05, 4.69) is 19.2 Å². The number of hydrogen-bond donors (Lipinski definition) is 1. The minimum atomic E-state index is -0.780. The van der Waals surface area contributed by atoms with Gasteiger partial charge in [-0.1, -0.05) is 31.9 Å². The van der Waals surface area contributed by atoms with Gasteiger partial charge in [-0.3, -0.25) is 0 Å². The summed E-state index contributed by atoms with van der Waals surface area (Å²) in [5.74, 6) is -1.52. The Kier molecular flexibility index (Phi) is 5.56. The molecular formula is C14H21F2N. The van der Waals surface area contributed by atoms with Crippen LogP contribution in [0.5, 0.6) is 0 Å². The highest BCUT2D eigenvalue weighted by atomic mass is 19.2. The van der Waals surface area contributed by atoms with Gasteiger partial charge in [0.2, 0.25) is 0 Å². The number of halogens is 2. The van der Waals surface area contributed by atoms with E-state index < -0.39 is 11.6 Å². The highest BCUT2D eigenvalue weighted by Gasteiger charge is 2.15. The Balaban J connectivity index is 2.63. The minimum Gasteiger partial charge on any atom is -0.308 e. The van der Waals surface area contributed by atoms with Crippen LogP contribution in [-0.2, 0) is 0 Å². The van der Waals surface area contributed by atoms with Gasteiger partial charge in [0, 0.05) is 17.6 Å². The molecule has 0 saturated carbocycles. The van der Waals surface area contributed by atoms with Crippen molar-refractivity contribution in [3.63, 3.8) is 0 Å². The Labute approximate surface area is 102 Å². The third kappa shape index (κ3) is 4.08. The van der Waals surface area contributed by atoms with Crippen molar-refractivity contribution in [3.8, 4) is 0 Å². The van der Waals surface area contributed by atoms with Gasteiger partial charge in [0.25, 0.3) is 0 Å². The van der Waals surface area contributed by atoms with Crippen molar-refractivity contribution in [1.82, 2.24) is 5.32 Å². The van der Waals surface area contributed by atoms with Gasteiger partial charge < -0.3 is 5.32 Å². The lowest BCUT2D eigenvalue weighted by Crippen LogP contribution is -2.29. The zero-order valence-electron chi connectivity index (χ0n) is 10.8. The van der Waals surface area contributed by atoms with Gasteiger partial charge in [0.05, 0.1) is 0 Å². The molecule has 2 unspecified atom stereocenters. The number of hydrogen-bond acceptors (Lipinski definition) is 1. The van der Waals surface area contributed by atoms with E-state index in [9.17, 15) is 8.78 Å². The van der Waals surface area contributed by atoms with Crippen molar-refractivity contribution in [2.75, 3.05) is 0 Å². The Morgan fingerprint density at radius 1 is 1.24 bits per heavy atom. The summed E-state index contributed by atoms with van der Waals surface area (Å²) in [7, 11) is 0. The van der Waals surface area contributed by atoms with Crippen LogP contribution in [0.2, 0.25) is 0 Å². The molecule has 1 aromatic carbocycles. The lowest BCUT2D eigenvalue weighted by Gasteiger charge is -2.20. The first-order chi connectivity index (χ1) is 8.06. The van der Waals surface area contributed by atoms with Crippen molar-refractivity contribution in [2.24, 2.45) is 0 Å². The average molecular weight is 241 g/mol. The quantitative estimate of drug-likeness (QED) is 0.787. The first kappa shape index (κ1) is 14.1. The molecule has 1 rings (SSSR count). The smallest absolute Gasteiger partial charge is 0.163 e. The van der Waals surface area contributed by atoms with E-state index in [1.165, 1.54) is 0 Å². The van der Waals surface area contributed by atoms with E-state index in [-0.39, 0.29) is 6.04 Å². The first-order valence-electron chi connectivity index (χ1n) is 6.26. The van der Waals surface area contributed by atoms with E-state index in [4.69, 9.17) is 0 Å². The van der Waals surface area contributed by atoms with Crippen molar-refractivity contribution >= 4 is 0 Å². The molecule has 0 bridgehead atoms. The summed E-state index contributed by atoms with van der Waals surface area (Å²) in [5, 5.41) is 3.29. The molecule has 0 spiro atoms. The first-order valence-corrected chi connectivity index (χ1v) is 6.26. The Morgan fingerprint density at radius 2 is 1.94 bits per heavy atom. The molecule has 0 saturated heterocycles. The van der Waals surface area contributed by atoms with Crippen molar-refractivity contribution in [1.29, 1.82) is 0 Å². The summed E-state index contributed by atoms with van der Waals surface area (Å²) < 4.78 is 26.6. The van der Waals surface area contributed by atoms with Gasteiger partial charge in [0.1, 0.15) is 0 Å². The highest BCUT2D eigenvalue weighted by molar-refractivity contribution is 5.22. The van der Waals surface area contributed by atoms with Crippen LogP contribution < -0.4 is 5.32 Å². The molecule has 96 valence electrons. The van der Waals surface area contributed by atoms with Gasteiger partial charge in [-0.15, -0.1) is 0 Å². The molecule has 17 heavy (non-hydrogen) atoms. The second-order valence-electron chi connectivity index (χ2n) is 4.57. The molecule has 0 heterocycles. The van der Waals surface area contributed by atoms with Gasteiger partial charge in [-0.2, -0.15) is 0 Å². The molecule has 0 aliphatic carbocycles. The Bertz CT molecular complexity index is 352. The number of nitrogens with one attached hydrogen (secondary N) is 1. The summed E-state index contributed by atoms with van der Waals surface area (Å²) >= 11 is 0. The summed E-state index contributed by atoms with van der Waals surface area (Å²) in [6.07, 6.45) is 3.35. The van der Waals surface area contributed by atoms with Crippen LogP contribution in [0.3, 0.4) is 0 Å². The van der Waals surface area contributed by atoms with E-state index in [1.54, 1.807) is 12.1 Å². The standard InChI is InChI=1S/C14H21F2N/c1-4-5-7-10(2)17-11(3)12-8-6-9-13(15)14(12)16/h6,8-11,17H,4-5,7H2,1-3H3. The second kappa shape index (κ2) is 6.70. The van der Waals surface area contributed by atoms with Crippen LogP contribution in [0.25, 0.3) is 0 Å². The van der Waals surface area contributed by atoms with E-state index in [1.807, 2.05) is 6.92 Å². The normalized spacial score (nSPS) is 14.6. The maximum Gasteiger partial charge on any atom is 0.163 e. The monoisotopic (exact) mass is 241 g/mol. The largest absolute Gasteiger partial charge is 0.308 e. The van der Waals surface area contributed by atoms with E-state index in [0.29, 0.717) is 11.6 Å². The van der Waals surface area contributed by atoms with Crippen LogP contribution in [0.4, 0.5) is 8.78 Å². The lowest BCUT2D eigenvalue weighted by atomic mass is 10.0. The van der Waals surface area contributed by atoms with Gasteiger partial charge in [-0.05, 0) is 26.3 Å². The van der Waals surface area contributed by atoms with Crippen LogP contribution in [0.1, 0.15) is 51.6 Å². The number of rotatable bonds is 6. The third-order valence-corrected chi connectivity index (χ3v) is 2.97. The average Bonchev–Trinajstić information content (AvgIpc) is 2.29. The number of benzene rings is 1. The summed E-state index contributed by atoms with van der Waals surface area (Å²) in [4.78, 5) is 0. The molecule has 0 aromatic heterocycles. The van der Waals surface area contributed by atoms with Crippen molar-refractivity contribution in [3.05, 3.63) is 35.4 Å². The fourth-order valence-corrected chi connectivity index (χ4v) is 1.97. The summed E-state index contributed by atoms with van der Waals surface area (Å²) in [5.41, 5.74) is 0.397. The molecule has 1 aromatic rings. The van der Waals surface area contributed by atoms with E-state index in [0.717, 1.165) is 25.3 Å². The summed E-state index contributed by atoms with van der Waals surface area (Å²) in [6, 6.07) is 4.46. The lowest BCUT2D eigenvalue weighted by molar-refractivity contribution is 0.422. The molecule has 1 N–H and O–H groups in total. The third-order valence-electron chi connectivity index (χ3n) is 2.97. The predicted molar refractivity (Wildman–Crippen MR) is 66.9 cm³/mol. The molecular weight excluding hydrogens is 220 g/mol. The molecule has 1 nitrogen and oxygen atoms in total. The van der Waals surface area contributed by atoms with Crippen LogP contribution >= 0.6 is 0 Å². The molecule has 0 aliphatic heterocycles. The predicted octanol–water partition coefficient (Wildman–Crippen LogP) is 4.19. The Morgan fingerprint density at radius 3 is 2.59 bits per heavy atom. The maximum atomic E-state index is 13.5.